The molecule has 2 atom stereocenters. The van der Waals surface area contributed by atoms with Crippen molar-refractivity contribution in [3.8, 4) is 6.07 Å². The number of amides is 2. The van der Waals surface area contributed by atoms with Gasteiger partial charge in [-0.3, -0.25) is 9.59 Å². The molecule has 0 saturated heterocycles. The Hall–Kier alpha value is -2.95. The van der Waals surface area contributed by atoms with Crippen LogP contribution in [0.1, 0.15) is 31.7 Å². The molecular weight excluding hydrogens is 329 g/mol. The molecule has 0 fully saturated rings. The fourth-order valence-corrected chi connectivity index (χ4v) is 2.27. The Balaban J connectivity index is 2.82. The van der Waals surface area contributed by atoms with Crippen molar-refractivity contribution in [3.05, 3.63) is 35.6 Å². The van der Waals surface area contributed by atoms with Crippen LogP contribution in [0.15, 0.2) is 24.3 Å². The highest BCUT2D eigenvalue weighted by Gasteiger charge is 2.26. The van der Waals surface area contributed by atoms with E-state index in [2.05, 4.69) is 10.6 Å². The quantitative estimate of drug-likeness (QED) is 0.578. The first-order valence-corrected chi connectivity index (χ1v) is 7.75. The summed E-state index contributed by atoms with van der Waals surface area (Å²) in [6.45, 7) is 1.23. The van der Waals surface area contributed by atoms with Crippen molar-refractivity contribution in [2.24, 2.45) is 0 Å². The summed E-state index contributed by atoms with van der Waals surface area (Å²) in [4.78, 5) is 34.9. The maximum Gasteiger partial charge on any atom is 0.326 e. The van der Waals surface area contributed by atoms with Crippen LogP contribution < -0.4 is 10.6 Å². The molecule has 25 heavy (non-hydrogen) atoms. The minimum absolute atomic E-state index is 0.0215. The van der Waals surface area contributed by atoms with E-state index in [-0.39, 0.29) is 19.3 Å². The van der Waals surface area contributed by atoms with Crippen LogP contribution in [-0.2, 0) is 20.8 Å². The number of nitrogens with zero attached hydrogens (tertiary/aromatic N) is 1. The molecule has 2 amide bonds. The Morgan fingerprint density at radius 2 is 2.00 bits per heavy atom. The molecular formula is C17H20FN3O4. The minimum atomic E-state index is -1.22. The number of unbranched alkanes of at least 4 members (excludes halogenated alkanes) is 1. The molecule has 0 aliphatic heterocycles. The number of benzene rings is 1. The van der Waals surface area contributed by atoms with Crippen LogP contribution in [0.4, 0.5) is 4.39 Å². The summed E-state index contributed by atoms with van der Waals surface area (Å²) in [5.41, 5.74) is 0.491. The monoisotopic (exact) mass is 349 g/mol. The number of carbonyl (C=O) groups is 3. The number of carboxylic acids is 1. The molecule has 1 aromatic carbocycles. The maximum atomic E-state index is 13.3. The Kier molecular flexibility index (Phi) is 8.06. The Morgan fingerprint density at radius 1 is 1.28 bits per heavy atom. The summed E-state index contributed by atoms with van der Waals surface area (Å²) in [7, 11) is 0. The standard InChI is InChI=1S/C17H20FN3O4/c1-11(22)20-15(10-12-5-4-6-13(18)9-12)16(23)21-14(17(24)25)7-2-3-8-19/h4-6,9,14-15H,2-3,7,10H2,1H3,(H,20,22)(H,21,23)(H,24,25)/t14-,15+/m0/s1. The fraction of sp³-hybridized carbons (Fsp3) is 0.412. The fourth-order valence-electron chi connectivity index (χ4n) is 2.27. The van der Waals surface area contributed by atoms with Gasteiger partial charge in [-0.1, -0.05) is 12.1 Å². The number of carboxylic acid groups (broad SMARTS) is 1. The highest BCUT2D eigenvalue weighted by molar-refractivity contribution is 5.90. The zero-order valence-electron chi connectivity index (χ0n) is 13.8. The molecule has 0 spiro atoms. The van der Waals surface area contributed by atoms with Gasteiger partial charge in [-0.25, -0.2) is 9.18 Å². The molecule has 0 heterocycles. The molecule has 1 aromatic rings. The second-order valence-corrected chi connectivity index (χ2v) is 5.54. The van der Waals surface area contributed by atoms with Crippen LogP contribution in [0.2, 0.25) is 0 Å². The van der Waals surface area contributed by atoms with E-state index in [0.29, 0.717) is 12.0 Å². The number of halogens is 1. The molecule has 7 nitrogen and oxygen atoms in total. The first-order valence-electron chi connectivity index (χ1n) is 7.75. The lowest BCUT2D eigenvalue weighted by Gasteiger charge is -2.21. The molecule has 0 aromatic heterocycles. The van der Waals surface area contributed by atoms with Crippen LogP contribution in [0.3, 0.4) is 0 Å². The van der Waals surface area contributed by atoms with Gasteiger partial charge >= 0.3 is 5.97 Å². The molecule has 8 heteroatoms. The molecule has 134 valence electrons. The second-order valence-electron chi connectivity index (χ2n) is 5.54. The van der Waals surface area contributed by atoms with Crippen LogP contribution in [0.5, 0.6) is 0 Å². The number of aliphatic carboxylic acids is 1. The van der Waals surface area contributed by atoms with Crippen molar-refractivity contribution in [1.29, 1.82) is 5.26 Å². The number of hydrogen-bond donors (Lipinski definition) is 3. The summed E-state index contributed by atoms with van der Waals surface area (Å²) < 4.78 is 13.3. The highest BCUT2D eigenvalue weighted by Crippen LogP contribution is 2.08. The molecule has 0 radical (unpaired) electrons. The highest BCUT2D eigenvalue weighted by atomic mass is 19.1. The van der Waals surface area contributed by atoms with Gasteiger partial charge in [0, 0.05) is 19.8 Å². The van der Waals surface area contributed by atoms with Crippen molar-refractivity contribution in [3.63, 3.8) is 0 Å². The van der Waals surface area contributed by atoms with E-state index >= 15 is 0 Å². The summed E-state index contributed by atoms with van der Waals surface area (Å²) in [6.07, 6.45) is 0.621. The van der Waals surface area contributed by atoms with E-state index < -0.39 is 35.7 Å². The number of hydrogen-bond acceptors (Lipinski definition) is 4. The number of nitriles is 1. The summed E-state index contributed by atoms with van der Waals surface area (Å²) in [6, 6.07) is 5.29. The van der Waals surface area contributed by atoms with E-state index in [0.717, 1.165) is 0 Å². The van der Waals surface area contributed by atoms with Gasteiger partial charge in [0.25, 0.3) is 0 Å². The van der Waals surface area contributed by atoms with Crippen molar-refractivity contribution in [1.82, 2.24) is 10.6 Å². The lowest BCUT2D eigenvalue weighted by molar-refractivity contribution is -0.142. The summed E-state index contributed by atoms with van der Waals surface area (Å²) in [5, 5.41) is 22.5. The van der Waals surface area contributed by atoms with Crippen LogP contribution in [0.25, 0.3) is 0 Å². The Bertz CT molecular complexity index is 672. The van der Waals surface area contributed by atoms with Gasteiger partial charge in [-0.2, -0.15) is 5.26 Å². The molecule has 0 aliphatic carbocycles. The topological polar surface area (TPSA) is 119 Å². The zero-order chi connectivity index (χ0) is 18.8. The summed E-state index contributed by atoms with van der Waals surface area (Å²) in [5.74, 6) is -2.84. The lowest BCUT2D eigenvalue weighted by Crippen LogP contribution is -2.52. The minimum Gasteiger partial charge on any atom is -0.480 e. The first kappa shape index (κ1) is 20.1. The van der Waals surface area contributed by atoms with Crippen LogP contribution in [0, 0.1) is 17.1 Å². The third-order valence-electron chi connectivity index (χ3n) is 3.42. The lowest BCUT2D eigenvalue weighted by atomic mass is 10.0. The van der Waals surface area contributed by atoms with E-state index in [1.54, 1.807) is 6.07 Å². The molecule has 0 aliphatic rings. The predicted octanol–water partition coefficient (Wildman–Crippen LogP) is 1.14. The van der Waals surface area contributed by atoms with Crippen molar-refractivity contribution in [2.75, 3.05) is 0 Å². The zero-order valence-corrected chi connectivity index (χ0v) is 13.8. The van der Waals surface area contributed by atoms with Gasteiger partial charge in [0.1, 0.15) is 17.9 Å². The Morgan fingerprint density at radius 3 is 2.56 bits per heavy atom. The third kappa shape index (κ3) is 7.44. The molecule has 0 bridgehead atoms. The van der Waals surface area contributed by atoms with Crippen LogP contribution in [-0.4, -0.2) is 35.0 Å². The first-order chi connectivity index (χ1) is 11.8. The van der Waals surface area contributed by atoms with Crippen molar-refractivity contribution >= 4 is 17.8 Å². The van der Waals surface area contributed by atoms with Gasteiger partial charge in [-0.05, 0) is 30.5 Å². The third-order valence-corrected chi connectivity index (χ3v) is 3.42. The van der Waals surface area contributed by atoms with E-state index in [9.17, 15) is 23.9 Å². The van der Waals surface area contributed by atoms with E-state index in [4.69, 9.17) is 5.26 Å². The second kappa shape index (κ2) is 10.0. The molecule has 3 N–H and O–H groups in total. The SMILES string of the molecule is CC(=O)N[C@H](Cc1cccc(F)c1)C(=O)N[C@@H](CCCC#N)C(=O)O. The van der Waals surface area contributed by atoms with Gasteiger partial charge < -0.3 is 15.7 Å². The average Bonchev–Trinajstić information content (AvgIpc) is 2.52. The van der Waals surface area contributed by atoms with E-state index in [1.807, 2.05) is 6.07 Å². The van der Waals surface area contributed by atoms with Crippen molar-refractivity contribution < 1.29 is 23.9 Å². The Labute approximate surface area is 144 Å². The van der Waals surface area contributed by atoms with Gasteiger partial charge in [0.05, 0.1) is 6.07 Å². The smallest absolute Gasteiger partial charge is 0.326 e. The normalized spacial score (nSPS) is 12.5. The summed E-state index contributed by atoms with van der Waals surface area (Å²) >= 11 is 0. The molecule has 1 rings (SSSR count). The van der Waals surface area contributed by atoms with E-state index in [1.165, 1.54) is 25.1 Å². The molecule has 0 unspecified atom stereocenters. The van der Waals surface area contributed by atoms with Gasteiger partial charge in [0.2, 0.25) is 11.8 Å². The number of rotatable bonds is 9. The largest absolute Gasteiger partial charge is 0.480 e. The maximum absolute atomic E-state index is 13.3. The van der Waals surface area contributed by atoms with Crippen LogP contribution >= 0.6 is 0 Å². The molecule has 0 saturated carbocycles. The number of nitrogens with one attached hydrogen (secondary N) is 2. The van der Waals surface area contributed by atoms with Gasteiger partial charge in [-0.15, -0.1) is 0 Å². The van der Waals surface area contributed by atoms with Gasteiger partial charge in [0.15, 0.2) is 0 Å². The predicted molar refractivity (Wildman–Crippen MR) is 86.7 cm³/mol. The average molecular weight is 349 g/mol. The van der Waals surface area contributed by atoms with Crippen molar-refractivity contribution in [2.45, 2.75) is 44.7 Å². The number of carbonyl (C=O) groups excluding carboxylic acids is 2.